The van der Waals surface area contributed by atoms with Crippen LogP contribution in [0.15, 0.2) is 41.1 Å². The Bertz CT molecular complexity index is 1110. The summed E-state index contributed by atoms with van der Waals surface area (Å²) < 4.78 is 11.8. The molecule has 172 valence electrons. The highest BCUT2D eigenvalue weighted by Crippen LogP contribution is 2.41. The second-order valence-corrected chi connectivity index (χ2v) is 9.73. The first kappa shape index (κ1) is 20.6. The van der Waals surface area contributed by atoms with Gasteiger partial charge in [-0.1, -0.05) is 35.5 Å². The van der Waals surface area contributed by atoms with E-state index in [0.717, 1.165) is 61.7 Å². The molecule has 3 fully saturated rings. The fourth-order valence-electron chi connectivity index (χ4n) is 5.32. The van der Waals surface area contributed by atoms with Crippen molar-refractivity contribution in [2.24, 2.45) is 5.92 Å². The van der Waals surface area contributed by atoms with Crippen molar-refractivity contribution in [2.75, 3.05) is 19.7 Å². The van der Waals surface area contributed by atoms with Gasteiger partial charge in [0.2, 0.25) is 5.89 Å². The number of hydrogen-bond acceptors (Lipinski definition) is 6. The number of H-pyrrole nitrogens is 1. The van der Waals surface area contributed by atoms with Gasteiger partial charge in [0.05, 0.1) is 23.1 Å². The molecular formula is C25H29N5O3. The van der Waals surface area contributed by atoms with Gasteiger partial charge in [0.25, 0.3) is 5.91 Å². The lowest BCUT2D eigenvalue weighted by molar-refractivity contribution is -0.123. The molecule has 1 saturated carbocycles. The Labute approximate surface area is 192 Å². The zero-order valence-electron chi connectivity index (χ0n) is 18.7. The summed E-state index contributed by atoms with van der Waals surface area (Å²) >= 11 is 0. The van der Waals surface area contributed by atoms with Crippen LogP contribution >= 0.6 is 0 Å². The van der Waals surface area contributed by atoms with Gasteiger partial charge in [0.15, 0.2) is 5.82 Å². The number of piperidine rings is 1. The van der Waals surface area contributed by atoms with E-state index in [2.05, 4.69) is 20.3 Å². The molecule has 1 aromatic carbocycles. The van der Waals surface area contributed by atoms with Crippen molar-refractivity contribution in [2.45, 2.75) is 56.5 Å². The predicted molar refractivity (Wildman–Crippen MR) is 121 cm³/mol. The van der Waals surface area contributed by atoms with E-state index >= 15 is 0 Å². The van der Waals surface area contributed by atoms with Gasteiger partial charge in [0, 0.05) is 37.6 Å². The molecule has 1 spiro atoms. The van der Waals surface area contributed by atoms with Gasteiger partial charge in [-0.25, -0.2) is 0 Å². The summed E-state index contributed by atoms with van der Waals surface area (Å²) in [6.45, 7) is 2.14. The van der Waals surface area contributed by atoms with E-state index in [0.29, 0.717) is 30.5 Å². The maximum absolute atomic E-state index is 13.3. The number of likely N-dealkylation sites (tertiary alicyclic amines) is 1. The summed E-state index contributed by atoms with van der Waals surface area (Å²) in [6.07, 6.45) is 8.55. The van der Waals surface area contributed by atoms with Crippen molar-refractivity contribution < 1.29 is 14.1 Å². The SMILES string of the molecule is O=C(c1cn[nH]c1-c1ccccc1)N1CCC2(CC1)CC(Cc1noc(C3CC3)n1)CCO2. The van der Waals surface area contributed by atoms with Gasteiger partial charge in [0.1, 0.15) is 0 Å². The summed E-state index contributed by atoms with van der Waals surface area (Å²) in [5.74, 6) is 2.66. The topological polar surface area (TPSA) is 97.1 Å². The van der Waals surface area contributed by atoms with E-state index in [-0.39, 0.29) is 11.5 Å². The molecule has 8 nitrogen and oxygen atoms in total. The Morgan fingerprint density at radius 1 is 1.15 bits per heavy atom. The highest BCUT2D eigenvalue weighted by atomic mass is 16.5. The fourth-order valence-corrected chi connectivity index (χ4v) is 5.32. The molecule has 0 radical (unpaired) electrons. The van der Waals surface area contributed by atoms with Gasteiger partial charge in [-0.3, -0.25) is 9.89 Å². The minimum atomic E-state index is -0.151. The maximum atomic E-state index is 13.3. The van der Waals surface area contributed by atoms with Crippen molar-refractivity contribution in [3.05, 3.63) is 53.8 Å². The fraction of sp³-hybridized carbons (Fsp3) is 0.520. The summed E-state index contributed by atoms with van der Waals surface area (Å²) in [6, 6.07) is 9.87. The number of hydrogen-bond donors (Lipinski definition) is 1. The quantitative estimate of drug-likeness (QED) is 0.635. The lowest BCUT2D eigenvalue weighted by atomic mass is 9.78. The van der Waals surface area contributed by atoms with Crippen molar-refractivity contribution in [3.8, 4) is 11.3 Å². The van der Waals surface area contributed by atoms with Crippen LogP contribution < -0.4 is 0 Å². The molecule has 1 atom stereocenters. The number of carbonyl (C=O) groups excluding carboxylic acids is 1. The van der Waals surface area contributed by atoms with E-state index in [9.17, 15) is 4.79 Å². The molecular weight excluding hydrogens is 418 g/mol. The molecule has 1 unspecified atom stereocenters. The van der Waals surface area contributed by atoms with E-state index in [1.807, 2.05) is 35.2 Å². The zero-order valence-corrected chi connectivity index (χ0v) is 18.7. The standard InChI is InChI=1S/C25H29N5O3/c31-24(20-16-26-28-22(20)18-4-2-1-3-5-18)30-11-9-25(10-12-30)15-17(8-13-32-25)14-21-27-23(33-29-21)19-6-7-19/h1-5,16-17,19H,6-15H2,(H,26,28). The predicted octanol–water partition coefficient (Wildman–Crippen LogP) is 3.98. The zero-order chi connectivity index (χ0) is 22.3. The second kappa shape index (κ2) is 8.41. The molecule has 3 aromatic rings. The number of benzene rings is 1. The Hall–Kier alpha value is -3.00. The lowest BCUT2D eigenvalue weighted by Gasteiger charge is -2.46. The van der Waals surface area contributed by atoms with Crippen molar-refractivity contribution in [3.63, 3.8) is 0 Å². The van der Waals surface area contributed by atoms with Crippen molar-refractivity contribution in [1.82, 2.24) is 25.2 Å². The number of nitrogens with zero attached hydrogens (tertiary/aromatic N) is 4. The third kappa shape index (κ3) is 4.19. The van der Waals surface area contributed by atoms with Crippen LogP contribution in [0.25, 0.3) is 11.3 Å². The minimum absolute atomic E-state index is 0.0317. The number of aromatic amines is 1. The average molecular weight is 448 g/mol. The number of carbonyl (C=O) groups is 1. The molecule has 6 rings (SSSR count). The van der Waals surface area contributed by atoms with E-state index < -0.39 is 0 Å². The van der Waals surface area contributed by atoms with Gasteiger partial charge >= 0.3 is 0 Å². The first-order chi connectivity index (χ1) is 16.2. The highest BCUT2D eigenvalue weighted by molar-refractivity contribution is 5.99. The number of rotatable bonds is 5. The van der Waals surface area contributed by atoms with Crippen LogP contribution in [-0.4, -0.2) is 56.4 Å². The molecule has 0 bridgehead atoms. The minimum Gasteiger partial charge on any atom is -0.375 e. The monoisotopic (exact) mass is 447 g/mol. The summed E-state index contributed by atoms with van der Waals surface area (Å²) in [4.78, 5) is 19.8. The lowest BCUT2D eigenvalue weighted by Crippen LogP contribution is -2.51. The van der Waals surface area contributed by atoms with Gasteiger partial charge in [-0.2, -0.15) is 10.1 Å². The first-order valence-corrected chi connectivity index (χ1v) is 12.0. The number of aromatic nitrogens is 4. The van der Waals surface area contributed by atoms with Gasteiger partial charge < -0.3 is 14.2 Å². The third-order valence-electron chi connectivity index (χ3n) is 7.37. The Balaban J connectivity index is 1.09. The smallest absolute Gasteiger partial charge is 0.257 e. The molecule has 3 aliphatic rings. The molecule has 4 heterocycles. The Morgan fingerprint density at radius 2 is 1.97 bits per heavy atom. The molecule has 1 N–H and O–H groups in total. The molecule has 8 heteroatoms. The highest BCUT2D eigenvalue weighted by Gasteiger charge is 2.42. The summed E-state index contributed by atoms with van der Waals surface area (Å²) in [5.41, 5.74) is 2.22. The number of ether oxygens (including phenoxy) is 1. The molecule has 2 aliphatic heterocycles. The van der Waals surface area contributed by atoms with Crippen LogP contribution in [0, 0.1) is 5.92 Å². The van der Waals surface area contributed by atoms with Gasteiger partial charge in [-0.05, 0) is 44.4 Å². The van der Waals surface area contributed by atoms with Gasteiger partial charge in [-0.15, -0.1) is 0 Å². The molecule has 2 saturated heterocycles. The maximum Gasteiger partial charge on any atom is 0.257 e. The Morgan fingerprint density at radius 3 is 2.76 bits per heavy atom. The average Bonchev–Trinajstić information content (AvgIpc) is 3.39. The molecule has 2 aromatic heterocycles. The van der Waals surface area contributed by atoms with E-state index in [1.165, 1.54) is 12.8 Å². The normalized spacial score (nSPS) is 22.5. The van der Waals surface area contributed by atoms with Crippen LogP contribution in [-0.2, 0) is 11.2 Å². The van der Waals surface area contributed by atoms with E-state index in [4.69, 9.17) is 9.26 Å². The first-order valence-electron chi connectivity index (χ1n) is 12.0. The summed E-state index contributed by atoms with van der Waals surface area (Å²) in [5, 5.41) is 11.4. The Kier molecular flexibility index (Phi) is 5.25. The third-order valence-corrected chi connectivity index (χ3v) is 7.37. The van der Waals surface area contributed by atoms with Crippen molar-refractivity contribution >= 4 is 5.91 Å². The molecule has 1 amide bonds. The molecule has 33 heavy (non-hydrogen) atoms. The van der Waals surface area contributed by atoms with Crippen LogP contribution in [0.3, 0.4) is 0 Å². The second-order valence-electron chi connectivity index (χ2n) is 9.73. The van der Waals surface area contributed by atoms with Crippen LogP contribution in [0.2, 0.25) is 0 Å². The van der Waals surface area contributed by atoms with Crippen LogP contribution in [0.5, 0.6) is 0 Å². The number of nitrogens with one attached hydrogen (secondary N) is 1. The van der Waals surface area contributed by atoms with Crippen molar-refractivity contribution in [1.29, 1.82) is 0 Å². The van der Waals surface area contributed by atoms with Crippen LogP contribution in [0.1, 0.15) is 66.5 Å². The van der Waals surface area contributed by atoms with Crippen LogP contribution in [0.4, 0.5) is 0 Å². The van der Waals surface area contributed by atoms with E-state index in [1.54, 1.807) is 6.20 Å². The number of amides is 1. The largest absolute Gasteiger partial charge is 0.375 e. The molecule has 1 aliphatic carbocycles. The summed E-state index contributed by atoms with van der Waals surface area (Å²) in [7, 11) is 0.